The molecule has 1 heterocycles. The molecule has 1 saturated heterocycles. The van der Waals surface area contributed by atoms with Gasteiger partial charge in [-0.05, 0) is 34.1 Å². The molecule has 2 atom stereocenters. The van der Waals surface area contributed by atoms with Crippen LogP contribution in [0.3, 0.4) is 0 Å². The molecule has 1 aliphatic heterocycles. The van der Waals surface area contributed by atoms with Gasteiger partial charge >= 0.3 is 12.3 Å². The summed E-state index contributed by atoms with van der Waals surface area (Å²) in [6.07, 6.45) is -8.54. The van der Waals surface area contributed by atoms with E-state index >= 15 is 0 Å². The van der Waals surface area contributed by atoms with Gasteiger partial charge in [-0.2, -0.15) is 13.2 Å². The summed E-state index contributed by atoms with van der Waals surface area (Å²) < 4.78 is 52.5. The summed E-state index contributed by atoms with van der Waals surface area (Å²) in [5.74, 6) is 0.305. The van der Waals surface area contributed by atoms with Crippen molar-refractivity contribution < 1.29 is 37.3 Å². The lowest BCUT2D eigenvalue weighted by atomic mass is 10.2. The summed E-state index contributed by atoms with van der Waals surface area (Å²) in [4.78, 5) is 13.3. The molecule has 0 spiro atoms. The molecule has 10 heteroatoms. The highest BCUT2D eigenvalue weighted by molar-refractivity contribution is 9.10. The Morgan fingerprint density at radius 1 is 1.48 bits per heavy atom. The molecule has 1 aromatic carbocycles. The quantitative estimate of drug-likeness (QED) is 0.723. The summed E-state index contributed by atoms with van der Waals surface area (Å²) in [6.45, 7) is 0.309. The van der Waals surface area contributed by atoms with Crippen LogP contribution in [0.5, 0.6) is 5.75 Å². The molecule has 1 fully saturated rings. The summed E-state index contributed by atoms with van der Waals surface area (Å²) in [7, 11) is 1.51. The van der Waals surface area contributed by atoms with E-state index in [-0.39, 0.29) is 19.3 Å². The second kappa shape index (κ2) is 8.24. The largest absolute Gasteiger partial charge is 0.492 e. The summed E-state index contributed by atoms with van der Waals surface area (Å²) in [5, 5.41) is 8.93. The van der Waals surface area contributed by atoms with E-state index in [4.69, 9.17) is 19.3 Å². The second-order valence-electron chi connectivity index (χ2n) is 5.38. The van der Waals surface area contributed by atoms with Crippen molar-refractivity contribution in [2.75, 3.05) is 31.8 Å². The first-order valence-corrected chi connectivity index (χ1v) is 8.16. The van der Waals surface area contributed by atoms with Crippen LogP contribution in [-0.4, -0.2) is 56.5 Å². The molecule has 140 valence electrons. The Morgan fingerprint density at radius 2 is 2.20 bits per heavy atom. The Kier molecular flexibility index (Phi) is 6.53. The van der Waals surface area contributed by atoms with Crippen LogP contribution < -0.4 is 9.64 Å². The Bertz CT molecular complexity index is 613. The maximum atomic E-state index is 12.2. The number of methoxy groups -OCH3 is 1. The van der Waals surface area contributed by atoms with Crippen LogP contribution in [0, 0.1) is 0 Å². The van der Waals surface area contributed by atoms with Crippen LogP contribution in [0.25, 0.3) is 0 Å². The molecule has 1 amide bonds. The van der Waals surface area contributed by atoms with Gasteiger partial charge in [0, 0.05) is 19.2 Å². The fourth-order valence-corrected chi connectivity index (χ4v) is 2.71. The third-order valence-corrected chi connectivity index (χ3v) is 4.10. The number of halogens is 4. The van der Waals surface area contributed by atoms with Crippen LogP contribution >= 0.6 is 15.9 Å². The first kappa shape index (κ1) is 19.8. The van der Waals surface area contributed by atoms with Crippen LogP contribution in [0.2, 0.25) is 0 Å². The van der Waals surface area contributed by atoms with E-state index in [1.165, 1.54) is 18.1 Å². The predicted molar refractivity (Wildman–Crippen MR) is 85.8 cm³/mol. The number of rotatable bonds is 7. The number of benzene rings is 1. The normalized spacial score (nSPS) is 19.0. The lowest BCUT2D eigenvalue weighted by molar-refractivity contribution is -0.206. The van der Waals surface area contributed by atoms with Gasteiger partial charge in [-0.1, -0.05) is 0 Å². The van der Waals surface area contributed by atoms with Crippen molar-refractivity contribution in [3.63, 3.8) is 0 Å². The fraction of sp³-hybridized carbons (Fsp3) is 0.533. The third kappa shape index (κ3) is 5.23. The van der Waals surface area contributed by atoms with E-state index in [2.05, 4.69) is 15.9 Å². The first-order chi connectivity index (χ1) is 11.7. The summed E-state index contributed by atoms with van der Waals surface area (Å²) in [5.41, 5.74) is 0.554. The zero-order valence-electron chi connectivity index (χ0n) is 13.3. The smallest absolute Gasteiger partial charge is 0.414 e. The minimum atomic E-state index is -4.67. The molecule has 0 aliphatic carbocycles. The van der Waals surface area contributed by atoms with Gasteiger partial charge < -0.3 is 19.3 Å². The van der Waals surface area contributed by atoms with E-state index in [1.54, 1.807) is 12.1 Å². The van der Waals surface area contributed by atoms with E-state index in [1.807, 2.05) is 0 Å². The SMILES string of the molecule is COCC1CN(c2ccc(OCCC(O)C(F)(F)F)c(Br)c2)C(=O)O1. The maximum Gasteiger partial charge on any atom is 0.414 e. The number of aliphatic hydroxyl groups excluding tert-OH is 1. The van der Waals surface area contributed by atoms with Gasteiger partial charge in [0.05, 0.1) is 24.2 Å². The number of carbonyl (C=O) groups is 1. The molecule has 0 bridgehead atoms. The number of alkyl halides is 3. The topological polar surface area (TPSA) is 68.2 Å². The number of cyclic esters (lactones) is 1. The Morgan fingerprint density at radius 3 is 2.80 bits per heavy atom. The lowest BCUT2D eigenvalue weighted by Crippen LogP contribution is -2.30. The fourth-order valence-electron chi connectivity index (χ4n) is 2.22. The highest BCUT2D eigenvalue weighted by atomic mass is 79.9. The van der Waals surface area contributed by atoms with Crippen molar-refractivity contribution in [3.8, 4) is 5.75 Å². The highest BCUT2D eigenvalue weighted by Crippen LogP contribution is 2.32. The Balaban J connectivity index is 1.95. The number of nitrogens with zero attached hydrogens (tertiary/aromatic N) is 1. The second-order valence-corrected chi connectivity index (χ2v) is 6.24. The van der Waals surface area contributed by atoms with Gasteiger partial charge in [0.1, 0.15) is 11.9 Å². The number of anilines is 1. The molecule has 1 N–H and O–H groups in total. The number of aliphatic hydroxyl groups is 1. The summed E-state index contributed by atoms with van der Waals surface area (Å²) >= 11 is 3.25. The van der Waals surface area contributed by atoms with Gasteiger partial charge in [0.2, 0.25) is 0 Å². The van der Waals surface area contributed by atoms with Crippen molar-refractivity contribution in [2.24, 2.45) is 0 Å². The molecule has 0 radical (unpaired) electrons. The van der Waals surface area contributed by atoms with Gasteiger partial charge in [0.15, 0.2) is 6.10 Å². The van der Waals surface area contributed by atoms with Gasteiger partial charge in [-0.25, -0.2) is 4.79 Å². The average molecular weight is 428 g/mol. The standard InChI is InChI=1S/C15H17BrF3NO5/c1-23-8-10-7-20(14(22)25-10)9-2-3-12(11(16)6-9)24-5-4-13(21)15(17,18)19/h2-3,6,10,13,21H,4-5,7-8H2,1H3. The maximum absolute atomic E-state index is 12.2. The Hall–Kier alpha value is -1.52. The molecule has 6 nitrogen and oxygen atoms in total. The van der Waals surface area contributed by atoms with Crippen molar-refractivity contribution in [3.05, 3.63) is 22.7 Å². The molecule has 25 heavy (non-hydrogen) atoms. The van der Waals surface area contributed by atoms with Crippen LogP contribution in [0.1, 0.15) is 6.42 Å². The van der Waals surface area contributed by atoms with Crippen molar-refractivity contribution in [1.29, 1.82) is 0 Å². The third-order valence-electron chi connectivity index (χ3n) is 3.48. The minimum absolute atomic E-state index is 0.284. The number of ether oxygens (including phenoxy) is 3. The van der Waals surface area contributed by atoms with Crippen molar-refractivity contribution in [1.82, 2.24) is 0 Å². The number of amides is 1. The molecule has 1 aromatic rings. The summed E-state index contributed by atoms with van der Waals surface area (Å²) in [6, 6.07) is 4.72. The molecule has 0 saturated carbocycles. The van der Waals surface area contributed by atoms with Crippen LogP contribution in [-0.2, 0) is 9.47 Å². The highest BCUT2D eigenvalue weighted by Gasteiger charge is 2.37. The van der Waals surface area contributed by atoms with Gasteiger partial charge in [-0.15, -0.1) is 0 Å². The molecular formula is C15H17BrF3NO5. The zero-order valence-corrected chi connectivity index (χ0v) is 14.8. The molecule has 2 unspecified atom stereocenters. The number of hydrogen-bond acceptors (Lipinski definition) is 5. The lowest BCUT2D eigenvalue weighted by Gasteiger charge is -2.17. The number of carbonyl (C=O) groups excluding carboxylic acids is 1. The molecule has 0 aromatic heterocycles. The predicted octanol–water partition coefficient (Wildman–Crippen LogP) is 3.11. The molecule has 2 rings (SSSR count). The number of hydrogen-bond donors (Lipinski definition) is 1. The monoisotopic (exact) mass is 427 g/mol. The van der Waals surface area contributed by atoms with Crippen molar-refractivity contribution in [2.45, 2.75) is 24.8 Å². The van der Waals surface area contributed by atoms with E-state index in [0.29, 0.717) is 22.5 Å². The minimum Gasteiger partial charge on any atom is -0.492 e. The van der Waals surface area contributed by atoms with E-state index < -0.39 is 24.8 Å². The zero-order chi connectivity index (χ0) is 18.6. The van der Waals surface area contributed by atoms with Gasteiger partial charge in [0.25, 0.3) is 0 Å². The van der Waals surface area contributed by atoms with Crippen LogP contribution in [0.4, 0.5) is 23.7 Å². The Labute approximate surface area is 150 Å². The van der Waals surface area contributed by atoms with E-state index in [9.17, 15) is 18.0 Å². The van der Waals surface area contributed by atoms with E-state index in [0.717, 1.165) is 0 Å². The van der Waals surface area contributed by atoms with Crippen LogP contribution in [0.15, 0.2) is 22.7 Å². The molecular weight excluding hydrogens is 411 g/mol. The average Bonchev–Trinajstić information content (AvgIpc) is 2.88. The van der Waals surface area contributed by atoms with Gasteiger partial charge in [-0.3, -0.25) is 4.90 Å². The first-order valence-electron chi connectivity index (χ1n) is 7.36. The molecule has 1 aliphatic rings. The van der Waals surface area contributed by atoms with Crippen molar-refractivity contribution >= 4 is 27.7 Å².